The number of aliphatic carboxylic acids is 1. The van der Waals surface area contributed by atoms with Gasteiger partial charge in [0, 0.05) is 17.0 Å². The highest BCUT2D eigenvalue weighted by Gasteiger charge is 2.20. The molecule has 1 aromatic carbocycles. The molecule has 0 aliphatic carbocycles. The summed E-state index contributed by atoms with van der Waals surface area (Å²) in [5.74, 6) is -0.861. The van der Waals surface area contributed by atoms with Crippen LogP contribution in [0.4, 0.5) is 0 Å². The molecule has 3 nitrogen and oxygen atoms in total. The highest BCUT2D eigenvalue weighted by molar-refractivity contribution is 6.49. The van der Waals surface area contributed by atoms with Crippen LogP contribution in [0.2, 0.25) is 20.1 Å². The first kappa shape index (κ1) is 16.9. The quantitative estimate of drug-likeness (QED) is 0.434. The first-order valence-corrected chi connectivity index (χ1v) is 7.08. The van der Waals surface area contributed by atoms with Crippen LogP contribution in [0.5, 0.6) is 0 Å². The van der Waals surface area contributed by atoms with Gasteiger partial charge in [0.05, 0.1) is 21.2 Å². The van der Waals surface area contributed by atoms with Crippen molar-refractivity contribution in [3.63, 3.8) is 0 Å². The second kappa shape index (κ2) is 7.55. The fourth-order valence-corrected chi connectivity index (χ4v) is 2.82. The summed E-state index contributed by atoms with van der Waals surface area (Å²) in [5.41, 5.74) is 0.327. The van der Waals surface area contributed by atoms with Crippen molar-refractivity contribution in [2.75, 3.05) is 0 Å². The Morgan fingerprint density at radius 3 is 2.32 bits per heavy atom. The molecule has 0 saturated heterocycles. The maximum Gasteiger partial charge on any atom is 0.303 e. The van der Waals surface area contributed by atoms with Crippen LogP contribution in [0.3, 0.4) is 0 Å². The lowest BCUT2D eigenvalue weighted by atomic mass is 10.0. The molecule has 1 aromatic rings. The smallest absolute Gasteiger partial charge is 0.303 e. The third-order valence-corrected chi connectivity index (χ3v) is 4.19. The summed E-state index contributed by atoms with van der Waals surface area (Å²) in [6, 6.07) is 1.42. The molecule has 106 valence electrons. The predicted molar refractivity (Wildman–Crippen MR) is 77.5 cm³/mol. The molecule has 0 radical (unpaired) electrons. The third-order valence-electron chi connectivity index (χ3n) is 2.60. The highest BCUT2D eigenvalue weighted by atomic mass is 35.5. The average molecular weight is 346 g/mol. The van der Waals surface area contributed by atoms with E-state index in [1.165, 1.54) is 6.07 Å². The normalized spacial score (nSPS) is 12.5. The molecule has 0 aliphatic heterocycles. The number of aliphatic hydroxyl groups excluding tert-OH is 1. The predicted octanol–water partition coefficient (Wildman–Crippen LogP) is 4.98. The Balaban J connectivity index is 2.74. The van der Waals surface area contributed by atoms with Crippen LogP contribution >= 0.6 is 46.4 Å². The van der Waals surface area contributed by atoms with Gasteiger partial charge in [-0.1, -0.05) is 46.4 Å². The van der Waals surface area contributed by atoms with Gasteiger partial charge in [-0.05, 0) is 25.3 Å². The number of hydrogen-bond acceptors (Lipinski definition) is 2. The van der Waals surface area contributed by atoms with Gasteiger partial charge in [-0.15, -0.1) is 0 Å². The Hall–Kier alpha value is -0.190. The molecule has 0 amide bonds. The van der Waals surface area contributed by atoms with Crippen LogP contribution < -0.4 is 0 Å². The lowest BCUT2D eigenvalue weighted by molar-refractivity contribution is -0.137. The van der Waals surface area contributed by atoms with Crippen LogP contribution in [0, 0.1) is 0 Å². The summed E-state index contributed by atoms with van der Waals surface area (Å²) in [6.07, 6.45) is 0.535. The van der Waals surface area contributed by atoms with E-state index in [9.17, 15) is 9.90 Å². The zero-order chi connectivity index (χ0) is 14.6. The fourth-order valence-electron chi connectivity index (χ4n) is 1.64. The van der Waals surface area contributed by atoms with E-state index < -0.39 is 12.1 Å². The number of halogens is 4. The number of carbonyl (C=O) groups is 1. The van der Waals surface area contributed by atoms with Crippen LogP contribution in [0.25, 0.3) is 0 Å². The van der Waals surface area contributed by atoms with Gasteiger partial charge >= 0.3 is 5.97 Å². The minimum atomic E-state index is -0.899. The van der Waals surface area contributed by atoms with Crippen LogP contribution in [0.15, 0.2) is 6.07 Å². The lowest BCUT2D eigenvalue weighted by Gasteiger charge is -2.16. The number of carboxylic acid groups (broad SMARTS) is 1. The maximum atomic E-state index is 10.4. The monoisotopic (exact) mass is 344 g/mol. The van der Waals surface area contributed by atoms with Crippen molar-refractivity contribution < 1.29 is 15.0 Å². The van der Waals surface area contributed by atoms with E-state index in [1.807, 2.05) is 0 Å². The molecule has 7 heteroatoms. The molecule has 0 spiro atoms. The number of unbranched alkanes of at least 4 members (excludes halogenated alkanes) is 1. The van der Waals surface area contributed by atoms with E-state index in [1.54, 1.807) is 0 Å². The van der Waals surface area contributed by atoms with Gasteiger partial charge in [-0.2, -0.15) is 0 Å². The van der Waals surface area contributed by atoms with Gasteiger partial charge in [0.15, 0.2) is 0 Å². The average Bonchev–Trinajstić information content (AvgIpc) is 2.31. The first-order chi connectivity index (χ1) is 8.84. The Morgan fingerprint density at radius 2 is 1.74 bits per heavy atom. The van der Waals surface area contributed by atoms with Crippen molar-refractivity contribution in [3.8, 4) is 0 Å². The Morgan fingerprint density at radius 1 is 1.11 bits per heavy atom. The number of rotatable bonds is 6. The lowest BCUT2D eigenvalue weighted by Crippen LogP contribution is -2.01. The van der Waals surface area contributed by atoms with Gasteiger partial charge in [-0.3, -0.25) is 4.79 Å². The van der Waals surface area contributed by atoms with Crippen molar-refractivity contribution in [2.45, 2.75) is 31.8 Å². The number of hydrogen-bond donors (Lipinski definition) is 2. The Bertz CT molecular complexity index is 477. The van der Waals surface area contributed by atoms with Crippen molar-refractivity contribution in [1.29, 1.82) is 0 Å². The van der Waals surface area contributed by atoms with E-state index in [0.717, 1.165) is 0 Å². The van der Waals surface area contributed by atoms with Crippen molar-refractivity contribution in [2.24, 2.45) is 0 Å². The summed E-state index contributed by atoms with van der Waals surface area (Å²) < 4.78 is 0. The van der Waals surface area contributed by atoms with E-state index in [0.29, 0.717) is 24.8 Å². The van der Waals surface area contributed by atoms with Crippen LogP contribution in [0.1, 0.15) is 37.4 Å². The van der Waals surface area contributed by atoms with E-state index in [2.05, 4.69) is 0 Å². The maximum absolute atomic E-state index is 10.4. The molecular formula is C12H12Cl4O3. The molecule has 1 rings (SSSR count). The van der Waals surface area contributed by atoms with Crippen molar-refractivity contribution >= 4 is 52.4 Å². The van der Waals surface area contributed by atoms with Crippen molar-refractivity contribution in [3.05, 3.63) is 31.7 Å². The standard InChI is InChI=1S/C12H12Cl4O3/c13-6-5-7(14)11(15)12(16)10(6)8(17)3-1-2-4-9(18)19/h5,8,17H,1-4H2,(H,18,19). The van der Waals surface area contributed by atoms with E-state index in [-0.39, 0.29) is 26.5 Å². The molecule has 0 saturated carbocycles. The molecule has 0 heterocycles. The SMILES string of the molecule is O=C(O)CCCCC(O)c1c(Cl)cc(Cl)c(Cl)c1Cl. The van der Waals surface area contributed by atoms with E-state index >= 15 is 0 Å². The topological polar surface area (TPSA) is 57.5 Å². The zero-order valence-corrected chi connectivity index (χ0v) is 12.8. The van der Waals surface area contributed by atoms with Gasteiger partial charge in [-0.25, -0.2) is 0 Å². The molecule has 1 unspecified atom stereocenters. The summed E-state index contributed by atoms with van der Waals surface area (Å²) in [5, 5.41) is 19.3. The number of carboxylic acids is 1. The second-order valence-electron chi connectivity index (χ2n) is 4.04. The van der Waals surface area contributed by atoms with Crippen LogP contribution in [-0.2, 0) is 4.79 Å². The number of benzene rings is 1. The molecule has 0 aromatic heterocycles. The summed E-state index contributed by atoms with van der Waals surface area (Å²) in [6.45, 7) is 0. The summed E-state index contributed by atoms with van der Waals surface area (Å²) in [7, 11) is 0. The fraction of sp³-hybridized carbons (Fsp3) is 0.417. The van der Waals surface area contributed by atoms with Gasteiger partial charge in [0.2, 0.25) is 0 Å². The highest BCUT2D eigenvalue weighted by Crippen LogP contribution is 2.41. The summed E-state index contributed by atoms with van der Waals surface area (Å²) in [4.78, 5) is 10.4. The van der Waals surface area contributed by atoms with E-state index in [4.69, 9.17) is 51.5 Å². The van der Waals surface area contributed by atoms with Crippen molar-refractivity contribution in [1.82, 2.24) is 0 Å². The molecule has 19 heavy (non-hydrogen) atoms. The number of aliphatic hydroxyl groups is 1. The Kier molecular flexibility index (Phi) is 6.71. The molecule has 1 atom stereocenters. The molecule has 0 aliphatic rings. The Labute approximate surface area is 131 Å². The van der Waals surface area contributed by atoms with Gasteiger partial charge < -0.3 is 10.2 Å². The summed E-state index contributed by atoms with van der Waals surface area (Å²) >= 11 is 23.7. The molecular weight excluding hydrogens is 334 g/mol. The van der Waals surface area contributed by atoms with Gasteiger partial charge in [0.1, 0.15) is 0 Å². The molecule has 2 N–H and O–H groups in total. The molecule has 0 bridgehead atoms. The minimum absolute atomic E-state index is 0.0650. The third kappa shape index (κ3) is 4.69. The molecule has 0 fully saturated rings. The largest absolute Gasteiger partial charge is 0.481 e. The van der Waals surface area contributed by atoms with Crippen LogP contribution in [-0.4, -0.2) is 16.2 Å². The first-order valence-electron chi connectivity index (χ1n) is 5.57. The second-order valence-corrected chi connectivity index (χ2v) is 5.61. The van der Waals surface area contributed by atoms with Gasteiger partial charge in [0.25, 0.3) is 0 Å². The minimum Gasteiger partial charge on any atom is -0.481 e. The zero-order valence-electron chi connectivity index (χ0n) is 9.80.